The van der Waals surface area contributed by atoms with Gasteiger partial charge in [0.1, 0.15) is 0 Å². The summed E-state index contributed by atoms with van der Waals surface area (Å²) in [5.74, 6) is 0. The first-order chi connectivity index (χ1) is 7.70. The quantitative estimate of drug-likeness (QED) is 0.877. The lowest BCUT2D eigenvalue weighted by atomic mass is 10.1. The Hall–Kier alpha value is -0.570. The molecule has 0 amide bonds. The molecule has 2 rings (SSSR count). The first-order valence-electron chi connectivity index (χ1n) is 5.80. The Morgan fingerprint density at radius 3 is 3.00 bits per heavy atom. The van der Waals surface area contributed by atoms with Crippen molar-refractivity contribution in [1.29, 1.82) is 0 Å². The van der Waals surface area contributed by atoms with Crippen LogP contribution < -0.4 is 0 Å². The van der Waals surface area contributed by atoms with Gasteiger partial charge in [-0.05, 0) is 43.5 Å². The second kappa shape index (κ2) is 5.17. The summed E-state index contributed by atoms with van der Waals surface area (Å²) in [6.07, 6.45) is 2.31. The van der Waals surface area contributed by atoms with Crippen LogP contribution in [0.1, 0.15) is 24.0 Å². The zero-order chi connectivity index (χ0) is 11.5. The number of hydrogen-bond acceptors (Lipinski definition) is 2. The fourth-order valence-electron chi connectivity index (χ4n) is 2.35. The number of nitrogens with zero attached hydrogens (tertiary/aromatic N) is 1. The van der Waals surface area contributed by atoms with Gasteiger partial charge in [0.25, 0.3) is 0 Å². The largest absolute Gasteiger partial charge is 0.395 e. The molecule has 0 radical (unpaired) electrons. The van der Waals surface area contributed by atoms with Crippen LogP contribution in [0.15, 0.2) is 18.2 Å². The lowest BCUT2D eigenvalue weighted by molar-refractivity contribution is 0.153. The smallest absolute Gasteiger partial charge is 0.0587 e. The molecule has 1 N–H and O–H groups in total. The summed E-state index contributed by atoms with van der Waals surface area (Å²) in [6.45, 7) is 4.31. The molecule has 1 aromatic rings. The highest BCUT2D eigenvalue weighted by Crippen LogP contribution is 2.22. The maximum Gasteiger partial charge on any atom is 0.0587 e. The summed E-state index contributed by atoms with van der Waals surface area (Å²) in [7, 11) is 0. The topological polar surface area (TPSA) is 23.5 Å². The summed E-state index contributed by atoms with van der Waals surface area (Å²) in [4.78, 5) is 2.35. The number of aryl methyl sites for hydroxylation is 1. The van der Waals surface area contributed by atoms with Crippen molar-refractivity contribution < 1.29 is 5.11 Å². The van der Waals surface area contributed by atoms with Crippen LogP contribution in [-0.2, 0) is 6.54 Å². The van der Waals surface area contributed by atoms with Gasteiger partial charge in [-0.25, -0.2) is 0 Å². The Balaban J connectivity index is 2.05. The molecule has 0 saturated carbocycles. The summed E-state index contributed by atoms with van der Waals surface area (Å²) in [5.41, 5.74) is 2.40. The number of aliphatic hydroxyl groups excluding tert-OH is 1. The van der Waals surface area contributed by atoms with Crippen LogP contribution in [0.5, 0.6) is 0 Å². The van der Waals surface area contributed by atoms with Gasteiger partial charge in [-0.3, -0.25) is 4.90 Å². The fourth-order valence-corrected chi connectivity index (χ4v) is 2.47. The highest BCUT2D eigenvalue weighted by molar-refractivity contribution is 6.31. The van der Waals surface area contributed by atoms with Crippen molar-refractivity contribution in [2.24, 2.45) is 0 Å². The van der Waals surface area contributed by atoms with Gasteiger partial charge in [-0.2, -0.15) is 0 Å². The zero-order valence-corrected chi connectivity index (χ0v) is 10.4. The van der Waals surface area contributed by atoms with Crippen molar-refractivity contribution in [2.45, 2.75) is 32.4 Å². The number of hydrogen-bond donors (Lipinski definition) is 1. The van der Waals surface area contributed by atoms with E-state index < -0.39 is 0 Å². The van der Waals surface area contributed by atoms with E-state index >= 15 is 0 Å². The highest BCUT2D eigenvalue weighted by atomic mass is 35.5. The number of rotatable bonds is 3. The van der Waals surface area contributed by atoms with E-state index in [0.29, 0.717) is 6.04 Å². The molecule has 0 aliphatic carbocycles. The van der Waals surface area contributed by atoms with Gasteiger partial charge in [0, 0.05) is 17.6 Å². The minimum Gasteiger partial charge on any atom is -0.395 e. The molecular formula is C13H18ClNO. The van der Waals surface area contributed by atoms with Gasteiger partial charge < -0.3 is 5.11 Å². The normalized spacial score (nSPS) is 21.6. The van der Waals surface area contributed by atoms with Crippen molar-refractivity contribution in [3.63, 3.8) is 0 Å². The predicted octanol–water partition coefficient (Wildman–Crippen LogP) is 2.61. The molecule has 1 aliphatic heterocycles. The summed E-state index contributed by atoms with van der Waals surface area (Å²) >= 11 is 6.00. The monoisotopic (exact) mass is 239 g/mol. The van der Waals surface area contributed by atoms with Gasteiger partial charge in [0.2, 0.25) is 0 Å². The van der Waals surface area contributed by atoms with E-state index in [-0.39, 0.29) is 6.61 Å². The summed E-state index contributed by atoms with van der Waals surface area (Å²) in [6, 6.07) is 6.50. The van der Waals surface area contributed by atoms with Gasteiger partial charge in [-0.15, -0.1) is 0 Å². The lowest BCUT2D eigenvalue weighted by Gasteiger charge is -2.22. The molecule has 1 aromatic carbocycles. The molecule has 1 saturated heterocycles. The van der Waals surface area contributed by atoms with Gasteiger partial charge in [0.05, 0.1) is 6.61 Å². The van der Waals surface area contributed by atoms with E-state index in [1.165, 1.54) is 12.0 Å². The highest BCUT2D eigenvalue weighted by Gasteiger charge is 2.23. The lowest BCUT2D eigenvalue weighted by Crippen LogP contribution is -2.31. The van der Waals surface area contributed by atoms with Crippen LogP contribution in [0.3, 0.4) is 0 Å². The van der Waals surface area contributed by atoms with Crippen LogP contribution in [0.2, 0.25) is 5.02 Å². The van der Waals surface area contributed by atoms with E-state index in [4.69, 9.17) is 11.6 Å². The molecule has 1 atom stereocenters. The number of halogens is 1. The molecule has 1 aliphatic rings. The van der Waals surface area contributed by atoms with E-state index in [9.17, 15) is 5.11 Å². The molecule has 16 heavy (non-hydrogen) atoms. The minimum atomic E-state index is 0.270. The molecular weight excluding hydrogens is 222 g/mol. The van der Waals surface area contributed by atoms with E-state index in [2.05, 4.69) is 17.0 Å². The first kappa shape index (κ1) is 11.9. The fraction of sp³-hybridized carbons (Fsp3) is 0.538. The van der Waals surface area contributed by atoms with Crippen LogP contribution in [0.4, 0.5) is 0 Å². The Bertz CT molecular complexity index is 367. The second-order valence-corrected chi connectivity index (χ2v) is 4.94. The van der Waals surface area contributed by atoms with Crippen LogP contribution in [-0.4, -0.2) is 29.2 Å². The van der Waals surface area contributed by atoms with Crippen molar-refractivity contribution in [1.82, 2.24) is 4.90 Å². The van der Waals surface area contributed by atoms with Crippen molar-refractivity contribution in [2.75, 3.05) is 13.2 Å². The van der Waals surface area contributed by atoms with Crippen molar-refractivity contribution in [3.8, 4) is 0 Å². The van der Waals surface area contributed by atoms with Gasteiger partial charge in [0.15, 0.2) is 0 Å². The minimum absolute atomic E-state index is 0.270. The summed E-state index contributed by atoms with van der Waals surface area (Å²) in [5, 5.41) is 10.1. The zero-order valence-electron chi connectivity index (χ0n) is 9.62. The Labute approximate surface area is 102 Å². The molecule has 88 valence electrons. The average molecular weight is 240 g/mol. The van der Waals surface area contributed by atoms with Crippen LogP contribution in [0, 0.1) is 6.92 Å². The first-order valence-corrected chi connectivity index (χ1v) is 6.18. The van der Waals surface area contributed by atoms with Crippen LogP contribution in [0.25, 0.3) is 0 Å². The van der Waals surface area contributed by atoms with Crippen LogP contribution >= 0.6 is 11.6 Å². The SMILES string of the molecule is Cc1cc(CN2CCC[C@@H]2CO)ccc1Cl. The number of benzene rings is 1. The molecule has 1 heterocycles. The third kappa shape index (κ3) is 2.57. The molecule has 0 aromatic heterocycles. The van der Waals surface area contributed by atoms with E-state index in [1.54, 1.807) is 0 Å². The van der Waals surface area contributed by atoms with Gasteiger partial charge in [-0.1, -0.05) is 23.7 Å². The molecule has 0 unspecified atom stereocenters. The Kier molecular flexibility index (Phi) is 3.85. The molecule has 2 nitrogen and oxygen atoms in total. The predicted molar refractivity (Wildman–Crippen MR) is 66.7 cm³/mol. The van der Waals surface area contributed by atoms with Crippen molar-refractivity contribution >= 4 is 11.6 Å². The van der Waals surface area contributed by atoms with E-state index in [1.807, 2.05) is 13.0 Å². The maximum atomic E-state index is 9.25. The maximum absolute atomic E-state index is 9.25. The van der Waals surface area contributed by atoms with Crippen molar-refractivity contribution in [3.05, 3.63) is 34.3 Å². The standard InChI is InChI=1S/C13H18ClNO/c1-10-7-11(4-5-13(10)14)8-15-6-2-3-12(15)9-16/h4-5,7,12,16H,2-3,6,8-9H2,1H3/t12-/m1/s1. The molecule has 1 fully saturated rings. The third-order valence-electron chi connectivity index (χ3n) is 3.32. The number of aliphatic hydroxyl groups is 1. The molecule has 0 spiro atoms. The number of likely N-dealkylation sites (tertiary alicyclic amines) is 1. The average Bonchev–Trinajstić information content (AvgIpc) is 2.71. The Morgan fingerprint density at radius 1 is 1.50 bits per heavy atom. The van der Waals surface area contributed by atoms with E-state index in [0.717, 1.165) is 30.1 Å². The molecule has 3 heteroatoms. The second-order valence-electron chi connectivity index (χ2n) is 4.53. The molecule has 0 bridgehead atoms. The summed E-state index contributed by atoms with van der Waals surface area (Å²) < 4.78 is 0. The third-order valence-corrected chi connectivity index (χ3v) is 3.74. The Morgan fingerprint density at radius 2 is 2.31 bits per heavy atom. The van der Waals surface area contributed by atoms with Gasteiger partial charge >= 0.3 is 0 Å².